The van der Waals surface area contributed by atoms with Crippen LogP contribution in [0.4, 0.5) is 0 Å². The number of amides is 1. The zero-order valence-corrected chi connectivity index (χ0v) is 21.9. The van der Waals surface area contributed by atoms with Crippen molar-refractivity contribution in [3.05, 3.63) is 81.3 Å². The van der Waals surface area contributed by atoms with Gasteiger partial charge in [0.2, 0.25) is 5.89 Å². The summed E-state index contributed by atoms with van der Waals surface area (Å²) in [4.78, 5) is 25.2. The summed E-state index contributed by atoms with van der Waals surface area (Å²) in [5.41, 5.74) is 9.87. The largest absolute Gasteiger partial charge is 0.417 e. The number of pyridine rings is 1. The van der Waals surface area contributed by atoms with Crippen LogP contribution in [0.2, 0.25) is 0 Å². The Kier molecular flexibility index (Phi) is 6.12. The molecular weight excluding hydrogens is 484 g/mol. The molecule has 1 aliphatic carbocycles. The number of nitrogens with two attached hydrogens (primary N) is 1. The smallest absolute Gasteiger partial charge is 0.266 e. The molecule has 0 bridgehead atoms. The molecular formula is C28H30N6O2S. The first kappa shape index (κ1) is 23.9. The SMILES string of the molecule is Cc1csc([C@H]2CCCN2C(=O)c2cc(-c3nnc([C@@](C)(N)Cc4ccccc4)o3)nc(C3CC3)c2)n1. The lowest BCUT2D eigenvalue weighted by Gasteiger charge is -2.23. The minimum absolute atomic E-state index is 0.00613. The maximum atomic E-state index is 13.8. The summed E-state index contributed by atoms with van der Waals surface area (Å²) in [7, 11) is 0. The van der Waals surface area contributed by atoms with Gasteiger partial charge in [-0.2, -0.15) is 0 Å². The Morgan fingerprint density at radius 3 is 2.70 bits per heavy atom. The molecule has 1 saturated heterocycles. The topological polar surface area (TPSA) is 111 Å². The van der Waals surface area contributed by atoms with Crippen molar-refractivity contribution in [3.8, 4) is 11.6 Å². The second kappa shape index (κ2) is 9.46. The number of rotatable bonds is 7. The van der Waals surface area contributed by atoms with Gasteiger partial charge in [0.05, 0.1) is 11.6 Å². The Hall–Kier alpha value is -3.43. The molecule has 6 rings (SSSR count). The highest BCUT2D eigenvalue weighted by molar-refractivity contribution is 7.09. The fourth-order valence-electron chi connectivity index (χ4n) is 4.98. The number of aryl methyl sites for hydroxylation is 1. The second-order valence-corrected chi connectivity index (χ2v) is 11.3. The number of carbonyl (C=O) groups is 1. The van der Waals surface area contributed by atoms with Gasteiger partial charge in [-0.1, -0.05) is 30.3 Å². The number of likely N-dealkylation sites (tertiary alicyclic amines) is 1. The molecule has 9 heteroatoms. The third-order valence-corrected chi connectivity index (χ3v) is 8.13. The Bertz CT molecular complexity index is 1430. The quantitative estimate of drug-likeness (QED) is 0.362. The van der Waals surface area contributed by atoms with E-state index in [0.717, 1.165) is 47.6 Å². The predicted octanol–water partition coefficient (Wildman–Crippen LogP) is 5.17. The molecule has 4 aromatic rings. The molecule has 0 radical (unpaired) electrons. The maximum absolute atomic E-state index is 13.8. The molecule has 1 amide bonds. The van der Waals surface area contributed by atoms with Gasteiger partial charge >= 0.3 is 0 Å². The van der Waals surface area contributed by atoms with Crippen molar-refractivity contribution >= 4 is 17.2 Å². The minimum atomic E-state index is -0.839. The lowest BCUT2D eigenvalue weighted by atomic mass is 9.94. The Morgan fingerprint density at radius 1 is 1.16 bits per heavy atom. The van der Waals surface area contributed by atoms with Gasteiger partial charge in [0, 0.05) is 34.8 Å². The van der Waals surface area contributed by atoms with Crippen molar-refractivity contribution in [3.63, 3.8) is 0 Å². The summed E-state index contributed by atoms with van der Waals surface area (Å²) >= 11 is 1.62. The number of benzene rings is 1. The van der Waals surface area contributed by atoms with Crippen LogP contribution in [0.25, 0.3) is 11.6 Å². The number of aromatic nitrogens is 4. The maximum Gasteiger partial charge on any atom is 0.266 e. The molecule has 0 spiro atoms. The zero-order chi connectivity index (χ0) is 25.6. The molecule has 2 aliphatic rings. The molecule has 190 valence electrons. The summed E-state index contributed by atoms with van der Waals surface area (Å²) in [5.74, 6) is 0.984. The van der Waals surface area contributed by atoms with E-state index in [2.05, 4.69) is 15.2 Å². The van der Waals surface area contributed by atoms with Crippen molar-refractivity contribution in [2.75, 3.05) is 6.54 Å². The number of hydrogen-bond acceptors (Lipinski definition) is 8. The van der Waals surface area contributed by atoms with Gasteiger partial charge in [-0.3, -0.25) is 4.79 Å². The van der Waals surface area contributed by atoms with Crippen molar-refractivity contribution in [2.45, 2.75) is 63.5 Å². The normalized spacial score (nSPS) is 19.2. The average Bonchev–Trinajstić information content (AvgIpc) is 3.25. The lowest BCUT2D eigenvalue weighted by Crippen LogP contribution is -2.35. The summed E-state index contributed by atoms with van der Waals surface area (Å²) in [6.07, 6.45) is 4.59. The first-order valence-electron chi connectivity index (χ1n) is 12.8. The van der Waals surface area contributed by atoms with E-state index in [4.69, 9.17) is 15.1 Å². The standard InChI is InChI=1S/C28H30N6O2S/c1-17-16-37-25(30-17)23-9-6-12-34(23)26(35)20-13-21(19-10-11-19)31-22(14-20)24-32-33-27(36-24)28(2,29)15-18-7-4-3-5-8-18/h3-5,7-8,13-14,16,19,23H,6,9-12,15,29H2,1-2H3/t23-,28+/m1/s1. The van der Waals surface area contributed by atoms with Crippen LogP contribution in [0, 0.1) is 6.92 Å². The van der Waals surface area contributed by atoms with Crippen LogP contribution in [-0.4, -0.2) is 37.5 Å². The summed E-state index contributed by atoms with van der Waals surface area (Å²) in [6.45, 7) is 4.59. The Morgan fingerprint density at radius 2 is 1.97 bits per heavy atom. The molecule has 3 aromatic heterocycles. The van der Waals surface area contributed by atoms with Gasteiger partial charge in [-0.05, 0) is 63.6 Å². The molecule has 2 atom stereocenters. The van der Waals surface area contributed by atoms with Crippen LogP contribution in [0.1, 0.15) is 82.8 Å². The van der Waals surface area contributed by atoms with Crippen LogP contribution in [0.5, 0.6) is 0 Å². The third kappa shape index (κ3) is 4.93. The second-order valence-electron chi connectivity index (χ2n) is 10.4. The van der Waals surface area contributed by atoms with Gasteiger partial charge in [0.25, 0.3) is 11.8 Å². The van der Waals surface area contributed by atoms with Crippen LogP contribution in [0.15, 0.2) is 52.3 Å². The van der Waals surface area contributed by atoms with Crippen LogP contribution < -0.4 is 5.73 Å². The van der Waals surface area contributed by atoms with E-state index >= 15 is 0 Å². The fourth-order valence-corrected chi connectivity index (χ4v) is 5.93. The molecule has 2 fully saturated rings. The highest BCUT2D eigenvalue weighted by Crippen LogP contribution is 2.41. The monoisotopic (exact) mass is 514 g/mol. The van der Waals surface area contributed by atoms with Gasteiger partial charge in [0.15, 0.2) is 0 Å². The highest BCUT2D eigenvalue weighted by atomic mass is 32.1. The van der Waals surface area contributed by atoms with Gasteiger partial charge < -0.3 is 15.1 Å². The van der Waals surface area contributed by atoms with Crippen molar-refractivity contribution in [1.29, 1.82) is 0 Å². The van der Waals surface area contributed by atoms with E-state index in [1.54, 1.807) is 17.4 Å². The van der Waals surface area contributed by atoms with E-state index in [0.29, 0.717) is 36.0 Å². The molecule has 8 nitrogen and oxygen atoms in total. The number of thiazole rings is 1. The van der Waals surface area contributed by atoms with Crippen molar-refractivity contribution < 1.29 is 9.21 Å². The van der Waals surface area contributed by atoms with Crippen LogP contribution in [0.3, 0.4) is 0 Å². The minimum Gasteiger partial charge on any atom is -0.417 e. The van der Waals surface area contributed by atoms with Gasteiger partial charge in [-0.25, -0.2) is 9.97 Å². The average molecular weight is 515 g/mol. The molecule has 0 unspecified atom stereocenters. The number of carbonyl (C=O) groups excluding carboxylic acids is 1. The fraction of sp³-hybridized carbons (Fsp3) is 0.393. The molecule has 1 aliphatic heterocycles. The molecule has 1 saturated carbocycles. The van der Waals surface area contributed by atoms with Crippen LogP contribution >= 0.6 is 11.3 Å². The van der Waals surface area contributed by atoms with Crippen LogP contribution in [-0.2, 0) is 12.0 Å². The zero-order valence-electron chi connectivity index (χ0n) is 21.1. The van der Waals surface area contributed by atoms with E-state index < -0.39 is 5.54 Å². The summed E-state index contributed by atoms with van der Waals surface area (Å²) in [5, 5.41) is 11.6. The molecule has 4 heterocycles. The predicted molar refractivity (Wildman–Crippen MR) is 141 cm³/mol. The Balaban J connectivity index is 1.30. The first-order valence-corrected chi connectivity index (χ1v) is 13.7. The van der Waals surface area contributed by atoms with Gasteiger partial charge in [0.1, 0.15) is 10.7 Å². The third-order valence-electron chi connectivity index (χ3n) is 7.07. The molecule has 2 N–H and O–H groups in total. The molecule has 37 heavy (non-hydrogen) atoms. The highest BCUT2D eigenvalue weighted by Gasteiger charge is 2.35. The number of hydrogen-bond donors (Lipinski definition) is 1. The lowest BCUT2D eigenvalue weighted by molar-refractivity contribution is 0.0735. The number of nitrogens with zero attached hydrogens (tertiary/aromatic N) is 5. The van der Waals surface area contributed by atoms with E-state index in [9.17, 15) is 4.79 Å². The van der Waals surface area contributed by atoms with E-state index in [1.807, 2.05) is 60.5 Å². The molecule has 1 aromatic carbocycles. The summed E-state index contributed by atoms with van der Waals surface area (Å²) < 4.78 is 6.07. The van der Waals surface area contributed by atoms with E-state index in [1.165, 1.54) is 0 Å². The first-order chi connectivity index (χ1) is 17.9. The summed E-state index contributed by atoms with van der Waals surface area (Å²) in [6, 6.07) is 13.7. The van der Waals surface area contributed by atoms with Gasteiger partial charge in [-0.15, -0.1) is 21.5 Å². The van der Waals surface area contributed by atoms with Crippen molar-refractivity contribution in [1.82, 2.24) is 25.1 Å². The van der Waals surface area contributed by atoms with Crippen molar-refractivity contribution in [2.24, 2.45) is 5.73 Å². The van der Waals surface area contributed by atoms with E-state index in [-0.39, 0.29) is 17.8 Å². The Labute approximate surface area is 220 Å².